The van der Waals surface area contributed by atoms with Crippen LogP contribution in [0.25, 0.3) is 22.2 Å². The van der Waals surface area contributed by atoms with Crippen molar-refractivity contribution in [3.63, 3.8) is 0 Å². The standard InChI is InChI=1S/C22H23ClN4O3/c1-3-14-10-24-22-20(14)21(23)17(11-25-22)15-5-4-6-16(9-15)27-8-7-26(12-18(27)28)19(29)13-30-2/h4-6,9-11H,3,7-8,12-13H2,1-2H3,(H,24,25). The molecule has 0 bridgehead atoms. The van der Waals surface area contributed by atoms with Crippen LogP contribution in [0.1, 0.15) is 12.5 Å². The first-order valence-corrected chi connectivity index (χ1v) is 10.2. The molecule has 8 heteroatoms. The van der Waals surface area contributed by atoms with E-state index in [4.69, 9.17) is 16.3 Å². The lowest BCUT2D eigenvalue weighted by molar-refractivity contribution is -0.139. The van der Waals surface area contributed by atoms with Gasteiger partial charge in [-0.1, -0.05) is 30.7 Å². The molecule has 0 spiro atoms. The Morgan fingerprint density at radius 1 is 1.33 bits per heavy atom. The Labute approximate surface area is 179 Å². The summed E-state index contributed by atoms with van der Waals surface area (Å²) < 4.78 is 4.88. The van der Waals surface area contributed by atoms with Gasteiger partial charge in [0.05, 0.1) is 5.02 Å². The van der Waals surface area contributed by atoms with Crippen LogP contribution in [-0.4, -0.2) is 60.0 Å². The summed E-state index contributed by atoms with van der Waals surface area (Å²) in [7, 11) is 1.47. The fraction of sp³-hybridized carbons (Fsp3) is 0.318. The first-order chi connectivity index (χ1) is 14.5. The van der Waals surface area contributed by atoms with Gasteiger partial charge in [-0.2, -0.15) is 0 Å². The van der Waals surface area contributed by atoms with Crippen molar-refractivity contribution in [1.82, 2.24) is 14.9 Å². The number of carbonyl (C=O) groups is 2. The molecule has 3 heterocycles. The summed E-state index contributed by atoms with van der Waals surface area (Å²) in [5.41, 5.74) is 4.37. The van der Waals surface area contributed by atoms with Gasteiger partial charge in [0, 0.05) is 49.2 Å². The van der Waals surface area contributed by atoms with Crippen LogP contribution in [0.15, 0.2) is 36.7 Å². The maximum absolute atomic E-state index is 12.7. The van der Waals surface area contributed by atoms with Crippen LogP contribution < -0.4 is 4.90 Å². The molecule has 2 aromatic heterocycles. The lowest BCUT2D eigenvalue weighted by Crippen LogP contribution is -2.53. The Balaban J connectivity index is 1.63. The molecule has 0 unspecified atom stereocenters. The Bertz CT molecular complexity index is 1110. The van der Waals surface area contributed by atoms with Crippen molar-refractivity contribution in [2.24, 2.45) is 0 Å². The molecule has 0 saturated carbocycles. The number of amides is 2. The van der Waals surface area contributed by atoms with Crippen molar-refractivity contribution in [1.29, 1.82) is 0 Å². The van der Waals surface area contributed by atoms with E-state index in [2.05, 4.69) is 16.9 Å². The van der Waals surface area contributed by atoms with Gasteiger partial charge in [-0.05, 0) is 29.7 Å². The number of nitrogens with zero attached hydrogens (tertiary/aromatic N) is 3. The fourth-order valence-electron chi connectivity index (χ4n) is 3.81. The van der Waals surface area contributed by atoms with E-state index in [9.17, 15) is 9.59 Å². The van der Waals surface area contributed by atoms with Crippen LogP contribution in [0.4, 0.5) is 5.69 Å². The number of pyridine rings is 1. The first-order valence-electron chi connectivity index (χ1n) is 9.85. The molecule has 3 aromatic rings. The maximum Gasteiger partial charge on any atom is 0.249 e. The first kappa shape index (κ1) is 20.4. The zero-order chi connectivity index (χ0) is 21.3. The third-order valence-corrected chi connectivity index (χ3v) is 5.80. The number of ether oxygens (including phenoxy) is 1. The number of anilines is 1. The molecular formula is C22H23ClN4O3. The average molecular weight is 427 g/mol. The number of halogens is 1. The van der Waals surface area contributed by atoms with Gasteiger partial charge in [0.25, 0.3) is 0 Å². The molecule has 1 aliphatic rings. The third-order valence-electron chi connectivity index (χ3n) is 5.41. The lowest BCUT2D eigenvalue weighted by Gasteiger charge is -2.34. The van der Waals surface area contributed by atoms with E-state index in [1.165, 1.54) is 12.0 Å². The molecule has 0 aliphatic carbocycles. The summed E-state index contributed by atoms with van der Waals surface area (Å²) in [6.45, 7) is 3.00. The number of aromatic nitrogens is 2. The number of aromatic amines is 1. The summed E-state index contributed by atoms with van der Waals surface area (Å²) in [5.74, 6) is -0.301. The van der Waals surface area contributed by atoms with Crippen molar-refractivity contribution >= 4 is 40.1 Å². The van der Waals surface area contributed by atoms with Crippen molar-refractivity contribution in [2.45, 2.75) is 13.3 Å². The van der Waals surface area contributed by atoms with Crippen molar-refractivity contribution in [3.05, 3.63) is 47.2 Å². The van der Waals surface area contributed by atoms with Crippen molar-refractivity contribution < 1.29 is 14.3 Å². The summed E-state index contributed by atoms with van der Waals surface area (Å²) in [5, 5.41) is 1.58. The minimum Gasteiger partial charge on any atom is -0.375 e. The normalized spacial score (nSPS) is 14.6. The van der Waals surface area contributed by atoms with E-state index in [1.807, 2.05) is 30.5 Å². The molecule has 7 nitrogen and oxygen atoms in total. The largest absolute Gasteiger partial charge is 0.375 e. The van der Waals surface area contributed by atoms with Crippen LogP contribution >= 0.6 is 11.6 Å². The highest BCUT2D eigenvalue weighted by atomic mass is 35.5. The van der Waals surface area contributed by atoms with Gasteiger partial charge in [-0.3, -0.25) is 9.59 Å². The second kappa shape index (κ2) is 8.45. The van der Waals surface area contributed by atoms with E-state index in [1.54, 1.807) is 11.1 Å². The monoisotopic (exact) mass is 426 g/mol. The Kier molecular flexibility index (Phi) is 5.74. The van der Waals surface area contributed by atoms with Crippen LogP contribution in [0.3, 0.4) is 0 Å². The molecule has 1 fully saturated rings. The smallest absolute Gasteiger partial charge is 0.249 e. The number of aryl methyl sites for hydroxylation is 1. The predicted octanol–water partition coefficient (Wildman–Crippen LogP) is 3.27. The number of rotatable bonds is 5. The Morgan fingerprint density at radius 2 is 2.17 bits per heavy atom. The number of H-pyrrole nitrogens is 1. The zero-order valence-corrected chi connectivity index (χ0v) is 17.7. The van der Waals surface area contributed by atoms with Gasteiger partial charge in [0.2, 0.25) is 11.8 Å². The molecule has 156 valence electrons. The van der Waals surface area contributed by atoms with Gasteiger partial charge in [-0.15, -0.1) is 0 Å². The van der Waals surface area contributed by atoms with E-state index in [-0.39, 0.29) is 25.0 Å². The molecule has 1 aromatic carbocycles. The highest BCUT2D eigenvalue weighted by Gasteiger charge is 2.28. The third kappa shape index (κ3) is 3.66. The SMILES string of the molecule is CCc1c[nH]c2ncc(-c3cccc(N4CCN(C(=O)COC)CC4=O)c3)c(Cl)c12. The molecule has 1 saturated heterocycles. The predicted molar refractivity (Wildman–Crippen MR) is 117 cm³/mol. The lowest BCUT2D eigenvalue weighted by atomic mass is 10.0. The topological polar surface area (TPSA) is 78.5 Å². The molecule has 4 rings (SSSR count). The summed E-state index contributed by atoms with van der Waals surface area (Å²) in [6.07, 6.45) is 4.54. The Morgan fingerprint density at radius 3 is 2.90 bits per heavy atom. The number of benzene rings is 1. The summed E-state index contributed by atoms with van der Waals surface area (Å²) in [6, 6.07) is 7.69. The van der Waals surface area contributed by atoms with Crippen LogP contribution in [0, 0.1) is 0 Å². The second-order valence-corrected chi connectivity index (χ2v) is 7.60. The second-order valence-electron chi connectivity index (χ2n) is 7.22. The molecule has 30 heavy (non-hydrogen) atoms. The number of nitrogens with one attached hydrogen (secondary N) is 1. The highest BCUT2D eigenvalue weighted by Crippen LogP contribution is 2.36. The van der Waals surface area contributed by atoms with Gasteiger partial charge in [-0.25, -0.2) is 4.98 Å². The van der Waals surface area contributed by atoms with Gasteiger partial charge < -0.3 is 19.5 Å². The van der Waals surface area contributed by atoms with Crippen molar-refractivity contribution in [3.8, 4) is 11.1 Å². The summed E-state index contributed by atoms with van der Waals surface area (Å²) >= 11 is 6.76. The Hall–Kier alpha value is -2.90. The number of hydrogen-bond donors (Lipinski definition) is 1. The molecule has 1 N–H and O–H groups in total. The van der Waals surface area contributed by atoms with Crippen LogP contribution in [0.5, 0.6) is 0 Å². The number of carbonyl (C=O) groups excluding carboxylic acids is 2. The summed E-state index contributed by atoms with van der Waals surface area (Å²) in [4.78, 5) is 35.6. The van der Waals surface area contributed by atoms with Gasteiger partial charge in [0.1, 0.15) is 18.8 Å². The number of piperazine rings is 1. The minimum absolute atomic E-state index is 0.0182. The quantitative estimate of drug-likeness (QED) is 0.679. The van der Waals surface area contributed by atoms with Crippen LogP contribution in [0.2, 0.25) is 5.02 Å². The van der Waals surface area contributed by atoms with E-state index >= 15 is 0 Å². The van der Waals surface area contributed by atoms with Crippen molar-refractivity contribution in [2.75, 3.05) is 38.3 Å². The molecule has 2 amide bonds. The number of hydrogen-bond acceptors (Lipinski definition) is 4. The molecular weight excluding hydrogens is 404 g/mol. The highest BCUT2D eigenvalue weighted by molar-refractivity contribution is 6.38. The van der Waals surface area contributed by atoms with E-state index in [0.717, 1.165) is 39.8 Å². The average Bonchev–Trinajstić information content (AvgIpc) is 3.18. The number of fused-ring (bicyclic) bond motifs is 1. The zero-order valence-electron chi connectivity index (χ0n) is 16.9. The molecule has 0 atom stereocenters. The van der Waals surface area contributed by atoms with Gasteiger partial charge in [0.15, 0.2) is 0 Å². The molecule has 1 aliphatic heterocycles. The minimum atomic E-state index is -0.177. The van der Waals surface area contributed by atoms with Gasteiger partial charge >= 0.3 is 0 Å². The fourth-order valence-corrected chi connectivity index (χ4v) is 4.18. The molecule has 0 radical (unpaired) electrons. The van der Waals surface area contributed by atoms with E-state index in [0.29, 0.717) is 18.1 Å². The van der Waals surface area contributed by atoms with E-state index < -0.39 is 0 Å². The van der Waals surface area contributed by atoms with Crippen LogP contribution in [-0.2, 0) is 20.7 Å². The maximum atomic E-state index is 12.7. The number of methoxy groups -OCH3 is 1.